The first-order chi connectivity index (χ1) is 11.6. The zero-order chi connectivity index (χ0) is 17.4. The smallest absolute Gasteiger partial charge is 0.267 e. The quantitative estimate of drug-likeness (QED) is 0.710. The van der Waals surface area contributed by atoms with Gasteiger partial charge in [0.15, 0.2) is 0 Å². The Balaban J connectivity index is 2.22. The highest BCUT2D eigenvalue weighted by Crippen LogP contribution is 2.08. The number of amides is 2. The average Bonchev–Trinajstić information content (AvgIpc) is 2.60. The summed E-state index contributed by atoms with van der Waals surface area (Å²) in [5.41, 5.74) is 2.43. The average molecular weight is 324 g/mol. The van der Waals surface area contributed by atoms with Gasteiger partial charge in [-0.1, -0.05) is 48.0 Å². The Labute approximate surface area is 141 Å². The van der Waals surface area contributed by atoms with E-state index < -0.39 is 5.91 Å². The first-order valence-electron chi connectivity index (χ1n) is 7.64. The SMILES string of the molecule is Cc1ccc(C(=O)N/C(=C\c2ccccc2)C(=O)NCCO)cc1. The van der Waals surface area contributed by atoms with Crippen molar-refractivity contribution in [2.24, 2.45) is 0 Å². The van der Waals surface area contributed by atoms with E-state index in [0.29, 0.717) is 5.56 Å². The van der Waals surface area contributed by atoms with Crippen molar-refractivity contribution in [3.63, 3.8) is 0 Å². The first-order valence-corrected chi connectivity index (χ1v) is 7.64. The number of carbonyl (C=O) groups is 2. The van der Waals surface area contributed by atoms with E-state index in [4.69, 9.17) is 5.11 Å². The molecule has 0 bridgehead atoms. The second kappa shape index (κ2) is 8.64. The van der Waals surface area contributed by atoms with E-state index in [0.717, 1.165) is 11.1 Å². The van der Waals surface area contributed by atoms with E-state index in [1.165, 1.54) is 0 Å². The molecule has 0 radical (unpaired) electrons. The molecule has 0 aliphatic rings. The van der Waals surface area contributed by atoms with Crippen LogP contribution < -0.4 is 10.6 Å². The third-order valence-electron chi connectivity index (χ3n) is 3.31. The van der Waals surface area contributed by atoms with Crippen LogP contribution in [0.15, 0.2) is 60.3 Å². The maximum atomic E-state index is 12.4. The number of benzene rings is 2. The zero-order valence-corrected chi connectivity index (χ0v) is 13.5. The summed E-state index contributed by atoms with van der Waals surface area (Å²) in [6.07, 6.45) is 1.60. The molecule has 0 unspecified atom stereocenters. The fraction of sp³-hybridized carbons (Fsp3) is 0.158. The lowest BCUT2D eigenvalue weighted by atomic mass is 10.1. The summed E-state index contributed by atoms with van der Waals surface area (Å²) in [7, 11) is 0. The topological polar surface area (TPSA) is 78.4 Å². The Kier molecular flexibility index (Phi) is 6.28. The van der Waals surface area contributed by atoms with Crippen LogP contribution in [0.3, 0.4) is 0 Å². The van der Waals surface area contributed by atoms with Crippen LogP contribution in [-0.4, -0.2) is 30.1 Å². The highest BCUT2D eigenvalue weighted by molar-refractivity contribution is 6.05. The lowest BCUT2D eigenvalue weighted by Gasteiger charge is -2.11. The molecule has 124 valence electrons. The predicted octanol–water partition coefficient (Wildman–Crippen LogP) is 1.87. The molecule has 2 aromatic carbocycles. The normalized spacial score (nSPS) is 11.0. The van der Waals surface area contributed by atoms with Gasteiger partial charge in [-0.05, 0) is 30.7 Å². The van der Waals surface area contributed by atoms with Crippen LogP contribution in [0.25, 0.3) is 6.08 Å². The van der Waals surface area contributed by atoms with Gasteiger partial charge in [0.05, 0.1) is 6.61 Å². The van der Waals surface area contributed by atoms with Gasteiger partial charge in [0.1, 0.15) is 5.70 Å². The molecular weight excluding hydrogens is 304 g/mol. The van der Waals surface area contributed by atoms with Crippen molar-refractivity contribution in [3.8, 4) is 0 Å². The number of hydrogen-bond donors (Lipinski definition) is 3. The first kappa shape index (κ1) is 17.4. The van der Waals surface area contributed by atoms with Crippen molar-refractivity contribution >= 4 is 17.9 Å². The van der Waals surface area contributed by atoms with Crippen LogP contribution in [0, 0.1) is 6.92 Å². The van der Waals surface area contributed by atoms with E-state index in [1.54, 1.807) is 18.2 Å². The number of aryl methyl sites for hydroxylation is 1. The van der Waals surface area contributed by atoms with E-state index >= 15 is 0 Å². The van der Waals surface area contributed by atoms with Gasteiger partial charge in [-0.25, -0.2) is 0 Å². The van der Waals surface area contributed by atoms with E-state index in [-0.39, 0.29) is 24.8 Å². The minimum atomic E-state index is -0.451. The summed E-state index contributed by atoms with van der Waals surface area (Å²) in [4.78, 5) is 24.6. The van der Waals surface area contributed by atoms with Crippen LogP contribution in [-0.2, 0) is 4.79 Å². The molecule has 0 spiro atoms. The van der Waals surface area contributed by atoms with Gasteiger partial charge in [0.2, 0.25) is 0 Å². The second-order valence-corrected chi connectivity index (χ2v) is 5.27. The molecule has 0 fully saturated rings. The van der Waals surface area contributed by atoms with Crippen LogP contribution in [0.1, 0.15) is 21.5 Å². The Bertz CT molecular complexity index is 722. The lowest BCUT2D eigenvalue weighted by Crippen LogP contribution is -2.36. The van der Waals surface area contributed by atoms with Crippen molar-refractivity contribution in [1.82, 2.24) is 10.6 Å². The highest BCUT2D eigenvalue weighted by Gasteiger charge is 2.14. The molecule has 2 amide bonds. The molecule has 0 aliphatic heterocycles. The van der Waals surface area contributed by atoms with Gasteiger partial charge in [0, 0.05) is 12.1 Å². The molecule has 0 atom stereocenters. The zero-order valence-electron chi connectivity index (χ0n) is 13.5. The fourth-order valence-electron chi connectivity index (χ4n) is 2.04. The van der Waals surface area contributed by atoms with Gasteiger partial charge in [0.25, 0.3) is 11.8 Å². The van der Waals surface area contributed by atoms with E-state index in [2.05, 4.69) is 10.6 Å². The lowest BCUT2D eigenvalue weighted by molar-refractivity contribution is -0.117. The Hall–Kier alpha value is -2.92. The molecule has 0 saturated carbocycles. The summed E-state index contributed by atoms with van der Waals surface area (Å²) >= 11 is 0. The molecule has 0 aromatic heterocycles. The maximum Gasteiger partial charge on any atom is 0.267 e. The van der Waals surface area contributed by atoms with Gasteiger partial charge in [-0.15, -0.1) is 0 Å². The number of nitrogens with one attached hydrogen (secondary N) is 2. The van der Waals surface area contributed by atoms with Crippen molar-refractivity contribution in [3.05, 3.63) is 77.0 Å². The third kappa shape index (κ3) is 5.07. The molecule has 2 aromatic rings. The standard InChI is InChI=1S/C19H20N2O3/c1-14-7-9-16(10-8-14)18(23)21-17(19(24)20-11-12-22)13-15-5-3-2-4-6-15/h2-10,13,22H,11-12H2,1H3,(H,20,24)(H,21,23)/b17-13-. The van der Waals surface area contributed by atoms with Gasteiger partial charge in [-0.2, -0.15) is 0 Å². The minimum absolute atomic E-state index is 0.116. The van der Waals surface area contributed by atoms with E-state index in [1.807, 2.05) is 49.4 Å². The molecule has 3 N–H and O–H groups in total. The number of rotatable bonds is 6. The third-order valence-corrected chi connectivity index (χ3v) is 3.31. The van der Waals surface area contributed by atoms with Crippen LogP contribution in [0.2, 0.25) is 0 Å². The monoisotopic (exact) mass is 324 g/mol. The second-order valence-electron chi connectivity index (χ2n) is 5.27. The highest BCUT2D eigenvalue weighted by atomic mass is 16.3. The summed E-state index contributed by atoms with van der Waals surface area (Å²) < 4.78 is 0. The van der Waals surface area contributed by atoms with Gasteiger partial charge in [-0.3, -0.25) is 9.59 Å². The van der Waals surface area contributed by atoms with E-state index in [9.17, 15) is 9.59 Å². The molecule has 5 heteroatoms. The number of carbonyl (C=O) groups excluding carboxylic acids is 2. The molecule has 0 aliphatic carbocycles. The molecule has 5 nitrogen and oxygen atoms in total. The summed E-state index contributed by atoms with van der Waals surface area (Å²) in [5, 5.41) is 14.0. The molecule has 0 heterocycles. The largest absolute Gasteiger partial charge is 0.395 e. The summed E-state index contributed by atoms with van der Waals surface area (Å²) in [6, 6.07) is 16.3. The molecular formula is C19H20N2O3. The summed E-state index contributed by atoms with van der Waals surface area (Å²) in [6.45, 7) is 1.88. The minimum Gasteiger partial charge on any atom is -0.395 e. The van der Waals surface area contributed by atoms with Crippen molar-refractivity contribution in [1.29, 1.82) is 0 Å². The van der Waals surface area contributed by atoms with Crippen molar-refractivity contribution in [2.75, 3.05) is 13.2 Å². The fourth-order valence-corrected chi connectivity index (χ4v) is 2.04. The van der Waals surface area contributed by atoms with Gasteiger partial charge < -0.3 is 15.7 Å². The maximum absolute atomic E-state index is 12.4. The Morgan fingerprint density at radius 1 is 1.04 bits per heavy atom. The molecule has 24 heavy (non-hydrogen) atoms. The van der Waals surface area contributed by atoms with Crippen molar-refractivity contribution < 1.29 is 14.7 Å². The Morgan fingerprint density at radius 2 is 1.71 bits per heavy atom. The van der Waals surface area contributed by atoms with Crippen LogP contribution in [0.5, 0.6) is 0 Å². The number of hydrogen-bond acceptors (Lipinski definition) is 3. The predicted molar refractivity (Wildman–Crippen MR) is 93.2 cm³/mol. The van der Waals surface area contributed by atoms with Gasteiger partial charge >= 0.3 is 0 Å². The number of aliphatic hydroxyl groups is 1. The number of aliphatic hydroxyl groups excluding tert-OH is 1. The summed E-state index contributed by atoms with van der Waals surface area (Å²) in [5.74, 6) is -0.815. The van der Waals surface area contributed by atoms with Crippen molar-refractivity contribution in [2.45, 2.75) is 6.92 Å². The van der Waals surface area contributed by atoms with Crippen LogP contribution in [0.4, 0.5) is 0 Å². The molecule has 2 rings (SSSR count). The van der Waals surface area contributed by atoms with Crippen LogP contribution >= 0.6 is 0 Å². The Morgan fingerprint density at radius 3 is 2.33 bits per heavy atom. The molecule has 0 saturated heterocycles.